The summed E-state index contributed by atoms with van der Waals surface area (Å²) in [7, 11) is 3.29. The number of anilines is 1. The van der Waals surface area contributed by atoms with Crippen molar-refractivity contribution in [3.05, 3.63) is 40.5 Å². The molecule has 0 aliphatic carbocycles. The average Bonchev–Trinajstić information content (AvgIpc) is 3.15. The highest BCUT2D eigenvalue weighted by atomic mass is 16.5. The molecular weight excluding hydrogens is 332 g/mol. The van der Waals surface area contributed by atoms with E-state index in [1.807, 2.05) is 13.0 Å². The molecule has 2 aromatic rings. The zero-order valence-electron chi connectivity index (χ0n) is 15.8. The van der Waals surface area contributed by atoms with Gasteiger partial charge in [0.05, 0.1) is 19.4 Å². The van der Waals surface area contributed by atoms with Crippen molar-refractivity contribution in [1.82, 2.24) is 15.0 Å². The van der Waals surface area contributed by atoms with Crippen molar-refractivity contribution in [3.8, 4) is 5.88 Å². The smallest absolute Gasteiger partial charge is 0.218 e. The first-order valence-corrected chi connectivity index (χ1v) is 8.80. The first-order valence-electron chi connectivity index (χ1n) is 8.80. The number of aromatic nitrogens is 3. The summed E-state index contributed by atoms with van der Waals surface area (Å²) in [5.41, 5.74) is 4.10. The molecular formula is C19H26N4O3. The molecule has 1 fully saturated rings. The summed E-state index contributed by atoms with van der Waals surface area (Å²) in [4.78, 5) is 13.7. The van der Waals surface area contributed by atoms with E-state index >= 15 is 0 Å². The molecule has 1 aliphatic rings. The van der Waals surface area contributed by atoms with E-state index in [0.717, 1.165) is 41.4 Å². The molecule has 2 aromatic heterocycles. The summed E-state index contributed by atoms with van der Waals surface area (Å²) < 4.78 is 16.2. The lowest BCUT2D eigenvalue weighted by molar-refractivity contribution is 0.177. The largest absolute Gasteiger partial charge is 0.481 e. The molecule has 0 radical (unpaired) electrons. The van der Waals surface area contributed by atoms with Crippen LogP contribution in [-0.2, 0) is 22.6 Å². The fourth-order valence-electron chi connectivity index (χ4n) is 3.17. The zero-order chi connectivity index (χ0) is 18.5. The maximum Gasteiger partial charge on any atom is 0.218 e. The Labute approximate surface area is 154 Å². The number of nitrogens with one attached hydrogen (secondary N) is 1. The third-order valence-corrected chi connectivity index (χ3v) is 4.49. The average molecular weight is 358 g/mol. The second kappa shape index (κ2) is 8.42. The molecule has 1 saturated heterocycles. The lowest BCUT2D eigenvalue weighted by Crippen LogP contribution is -2.11. The van der Waals surface area contributed by atoms with Crippen molar-refractivity contribution in [3.63, 3.8) is 0 Å². The maximum atomic E-state index is 5.50. The minimum Gasteiger partial charge on any atom is -0.481 e. The van der Waals surface area contributed by atoms with Crippen LogP contribution in [0.4, 0.5) is 5.82 Å². The van der Waals surface area contributed by atoms with Gasteiger partial charge < -0.3 is 19.5 Å². The van der Waals surface area contributed by atoms with Gasteiger partial charge in [-0.3, -0.25) is 0 Å². The highest BCUT2D eigenvalue weighted by molar-refractivity contribution is 5.42. The Bertz CT molecular complexity index is 761. The molecule has 0 unspecified atom stereocenters. The summed E-state index contributed by atoms with van der Waals surface area (Å²) in [6.45, 7) is 6.47. The monoisotopic (exact) mass is 358 g/mol. The Hall–Kier alpha value is -2.25. The van der Waals surface area contributed by atoms with Crippen LogP contribution in [-0.4, -0.2) is 42.4 Å². The minimum absolute atomic E-state index is 0.312. The summed E-state index contributed by atoms with van der Waals surface area (Å²) in [6.07, 6.45) is 0.984. The quantitative estimate of drug-likeness (QED) is 0.815. The van der Waals surface area contributed by atoms with Crippen molar-refractivity contribution < 1.29 is 14.2 Å². The Kier molecular flexibility index (Phi) is 6.00. The van der Waals surface area contributed by atoms with Crippen molar-refractivity contribution in [1.29, 1.82) is 0 Å². The van der Waals surface area contributed by atoms with Gasteiger partial charge >= 0.3 is 0 Å². The number of aryl methyl sites for hydroxylation is 2. The molecule has 26 heavy (non-hydrogen) atoms. The minimum atomic E-state index is 0.312. The molecule has 0 saturated carbocycles. The van der Waals surface area contributed by atoms with E-state index in [9.17, 15) is 0 Å². The van der Waals surface area contributed by atoms with Crippen LogP contribution in [0, 0.1) is 13.8 Å². The predicted octanol–water partition coefficient (Wildman–Crippen LogP) is 2.76. The maximum absolute atomic E-state index is 5.50. The molecule has 0 spiro atoms. The van der Waals surface area contributed by atoms with Crippen LogP contribution >= 0.6 is 0 Å². The molecule has 1 N–H and O–H groups in total. The van der Waals surface area contributed by atoms with Gasteiger partial charge in [0, 0.05) is 43.5 Å². The number of nitrogens with zero attached hydrogens (tertiary/aromatic N) is 3. The molecule has 0 bridgehead atoms. The van der Waals surface area contributed by atoms with E-state index in [0.29, 0.717) is 37.4 Å². The van der Waals surface area contributed by atoms with Crippen molar-refractivity contribution >= 4 is 5.82 Å². The molecule has 1 atom stereocenters. The molecule has 0 amide bonds. The Morgan fingerprint density at radius 2 is 2.04 bits per heavy atom. The predicted molar refractivity (Wildman–Crippen MR) is 98.5 cm³/mol. The van der Waals surface area contributed by atoms with Gasteiger partial charge in [0.2, 0.25) is 5.88 Å². The fraction of sp³-hybridized carbons (Fsp3) is 0.526. The van der Waals surface area contributed by atoms with Gasteiger partial charge in [-0.25, -0.2) is 15.0 Å². The van der Waals surface area contributed by atoms with E-state index in [4.69, 9.17) is 14.2 Å². The van der Waals surface area contributed by atoms with Crippen LogP contribution in [0.15, 0.2) is 12.1 Å². The van der Waals surface area contributed by atoms with Crippen LogP contribution in [0.25, 0.3) is 0 Å². The van der Waals surface area contributed by atoms with Crippen molar-refractivity contribution in [2.45, 2.75) is 39.3 Å². The highest BCUT2D eigenvalue weighted by Crippen LogP contribution is 2.26. The van der Waals surface area contributed by atoms with E-state index < -0.39 is 0 Å². The number of hydrogen-bond donors (Lipinski definition) is 1. The molecule has 3 rings (SSSR count). The van der Waals surface area contributed by atoms with Gasteiger partial charge in [-0.1, -0.05) is 0 Å². The summed E-state index contributed by atoms with van der Waals surface area (Å²) in [5, 5.41) is 3.39. The molecule has 1 aliphatic heterocycles. The fourth-order valence-corrected chi connectivity index (χ4v) is 3.17. The van der Waals surface area contributed by atoms with E-state index in [2.05, 4.69) is 33.3 Å². The Morgan fingerprint density at radius 3 is 2.73 bits per heavy atom. The molecule has 3 heterocycles. The van der Waals surface area contributed by atoms with Crippen LogP contribution in [0.3, 0.4) is 0 Å². The SMILES string of the molecule is COCc1nc(NCc2c(C)cc(C)nc2OC)cc([C@@H]2CCOC2)n1. The van der Waals surface area contributed by atoms with E-state index in [1.165, 1.54) is 0 Å². The van der Waals surface area contributed by atoms with Gasteiger partial charge in [0.15, 0.2) is 5.82 Å². The van der Waals surface area contributed by atoms with Crippen molar-refractivity contribution in [2.75, 3.05) is 32.8 Å². The van der Waals surface area contributed by atoms with Crippen LogP contribution in [0.1, 0.15) is 40.7 Å². The summed E-state index contributed by atoms with van der Waals surface area (Å²) >= 11 is 0. The van der Waals surface area contributed by atoms with Crippen LogP contribution in [0.2, 0.25) is 0 Å². The van der Waals surface area contributed by atoms with Crippen LogP contribution in [0.5, 0.6) is 5.88 Å². The Balaban J connectivity index is 1.83. The lowest BCUT2D eigenvalue weighted by Gasteiger charge is -2.15. The zero-order valence-corrected chi connectivity index (χ0v) is 15.8. The number of ether oxygens (including phenoxy) is 3. The first kappa shape index (κ1) is 18.5. The Morgan fingerprint density at radius 1 is 1.19 bits per heavy atom. The molecule has 7 nitrogen and oxygen atoms in total. The number of rotatable bonds is 7. The van der Waals surface area contributed by atoms with Gasteiger partial charge in [0.25, 0.3) is 0 Å². The molecule has 0 aromatic carbocycles. The summed E-state index contributed by atoms with van der Waals surface area (Å²) in [6, 6.07) is 4.05. The van der Waals surface area contributed by atoms with Crippen LogP contribution < -0.4 is 10.1 Å². The van der Waals surface area contributed by atoms with Gasteiger partial charge in [0.1, 0.15) is 12.4 Å². The number of pyridine rings is 1. The molecule has 140 valence electrons. The van der Waals surface area contributed by atoms with E-state index in [-0.39, 0.29) is 0 Å². The number of hydrogen-bond acceptors (Lipinski definition) is 7. The second-order valence-corrected chi connectivity index (χ2v) is 6.51. The normalized spacial score (nSPS) is 16.7. The third kappa shape index (κ3) is 4.28. The third-order valence-electron chi connectivity index (χ3n) is 4.49. The lowest BCUT2D eigenvalue weighted by atomic mass is 10.0. The molecule has 7 heteroatoms. The summed E-state index contributed by atoms with van der Waals surface area (Å²) in [5.74, 6) is 2.40. The second-order valence-electron chi connectivity index (χ2n) is 6.51. The topological polar surface area (TPSA) is 78.4 Å². The van der Waals surface area contributed by atoms with Gasteiger partial charge in [-0.05, 0) is 31.9 Å². The van der Waals surface area contributed by atoms with Gasteiger partial charge in [-0.2, -0.15) is 0 Å². The first-order chi connectivity index (χ1) is 12.6. The van der Waals surface area contributed by atoms with Crippen molar-refractivity contribution in [2.24, 2.45) is 0 Å². The highest BCUT2D eigenvalue weighted by Gasteiger charge is 2.21. The van der Waals surface area contributed by atoms with E-state index in [1.54, 1.807) is 14.2 Å². The van der Waals surface area contributed by atoms with Gasteiger partial charge in [-0.15, -0.1) is 0 Å². The number of methoxy groups -OCH3 is 2. The standard InChI is InChI=1S/C19H26N4O3/c1-12-7-13(2)21-19(25-4)15(12)9-20-17-8-16(14-5-6-26-10-14)22-18(23-17)11-24-3/h7-8,14H,5-6,9-11H2,1-4H3,(H,20,22,23)/t14-/m1/s1.